The third kappa shape index (κ3) is 18.1. The van der Waals surface area contributed by atoms with Gasteiger partial charge in [-0.1, -0.05) is 12.8 Å². The molecule has 1 unspecified atom stereocenters. The second-order valence-electron chi connectivity index (χ2n) is 6.90. The smallest absolute Gasteiger partial charge is 0.270 e. The number of aliphatic imine (C=N–C) groups is 1. The van der Waals surface area contributed by atoms with Gasteiger partial charge in [-0.2, -0.15) is 0 Å². The topological polar surface area (TPSA) is 190 Å². The van der Waals surface area contributed by atoms with E-state index in [-0.39, 0.29) is 25.1 Å². The molecule has 0 rings (SSSR count). The monoisotopic (exact) mass is 431 g/mol. The Morgan fingerprint density at radius 1 is 0.967 bits per heavy atom. The van der Waals surface area contributed by atoms with Crippen molar-refractivity contribution in [2.75, 3.05) is 45.9 Å². The van der Waals surface area contributed by atoms with Gasteiger partial charge in [-0.3, -0.25) is 14.6 Å². The van der Waals surface area contributed by atoms with Crippen LogP contribution in [0.5, 0.6) is 0 Å². The molecule has 0 saturated carbocycles. The second kappa shape index (κ2) is 20.3. The van der Waals surface area contributed by atoms with Gasteiger partial charge in [0.05, 0.1) is 13.2 Å². The third-order valence-corrected chi connectivity index (χ3v) is 4.15. The number of rotatable bonds is 20. The lowest BCUT2D eigenvalue weighted by Crippen LogP contribution is -2.49. The van der Waals surface area contributed by atoms with Crippen molar-refractivity contribution in [3.8, 4) is 0 Å². The van der Waals surface area contributed by atoms with Crippen LogP contribution in [0.3, 0.4) is 0 Å². The quantitative estimate of drug-likeness (QED) is 0.0524. The summed E-state index contributed by atoms with van der Waals surface area (Å²) in [7, 11) is 0. The van der Waals surface area contributed by atoms with E-state index in [1.165, 1.54) is 0 Å². The summed E-state index contributed by atoms with van der Waals surface area (Å²) in [6.45, 7) is 3.23. The van der Waals surface area contributed by atoms with E-state index in [9.17, 15) is 9.59 Å². The number of aliphatic hydroxyl groups is 1. The van der Waals surface area contributed by atoms with Gasteiger partial charge in [0.25, 0.3) is 5.91 Å². The zero-order chi connectivity index (χ0) is 22.5. The van der Waals surface area contributed by atoms with Gasteiger partial charge >= 0.3 is 0 Å². The zero-order valence-electron chi connectivity index (χ0n) is 18.0. The fourth-order valence-corrected chi connectivity index (χ4v) is 2.56. The molecular formula is C19H41N7O4. The molecule has 0 aromatic rings. The molecule has 2 amide bonds. The number of hydrogen-bond donors (Lipinski definition) is 7. The Labute approximate surface area is 179 Å². The maximum atomic E-state index is 12.3. The highest BCUT2D eigenvalue weighted by atomic mass is 16.5. The van der Waals surface area contributed by atoms with E-state index < -0.39 is 12.1 Å². The summed E-state index contributed by atoms with van der Waals surface area (Å²) in [4.78, 5) is 28.3. The van der Waals surface area contributed by atoms with Crippen LogP contribution in [-0.2, 0) is 14.3 Å². The molecule has 0 aliphatic carbocycles. The van der Waals surface area contributed by atoms with Crippen LogP contribution in [0, 0.1) is 0 Å². The fraction of sp³-hybridized carbons (Fsp3) is 0.842. The summed E-state index contributed by atoms with van der Waals surface area (Å²) in [6.07, 6.45) is 5.18. The molecule has 0 aromatic carbocycles. The van der Waals surface area contributed by atoms with Crippen molar-refractivity contribution in [2.24, 2.45) is 22.2 Å². The minimum absolute atomic E-state index is 0.0335. The van der Waals surface area contributed by atoms with Crippen LogP contribution < -0.4 is 33.2 Å². The Hall–Kier alpha value is -1.95. The van der Waals surface area contributed by atoms with Crippen LogP contribution >= 0.6 is 0 Å². The van der Waals surface area contributed by atoms with Crippen molar-refractivity contribution in [1.29, 1.82) is 0 Å². The van der Waals surface area contributed by atoms with Crippen molar-refractivity contribution in [2.45, 2.75) is 57.6 Å². The number of nitrogens with zero attached hydrogens (tertiary/aromatic N) is 1. The second-order valence-corrected chi connectivity index (χ2v) is 6.90. The van der Waals surface area contributed by atoms with Gasteiger partial charge in [0.15, 0.2) is 5.96 Å². The van der Waals surface area contributed by atoms with Gasteiger partial charge in [0.2, 0.25) is 12.1 Å². The van der Waals surface area contributed by atoms with Gasteiger partial charge in [0.1, 0.15) is 0 Å². The molecule has 0 aromatic heterocycles. The highest BCUT2D eigenvalue weighted by Crippen LogP contribution is 2.04. The van der Waals surface area contributed by atoms with Gasteiger partial charge in [-0.15, -0.1) is 0 Å². The Morgan fingerprint density at radius 3 is 2.37 bits per heavy atom. The van der Waals surface area contributed by atoms with Crippen LogP contribution in [0.1, 0.15) is 51.4 Å². The molecule has 0 spiro atoms. The number of amides is 2. The summed E-state index contributed by atoms with van der Waals surface area (Å²) in [5.41, 5.74) is 15.9. The molecule has 11 heteroatoms. The molecule has 10 N–H and O–H groups in total. The van der Waals surface area contributed by atoms with Crippen molar-refractivity contribution in [1.82, 2.24) is 16.0 Å². The first-order valence-corrected chi connectivity index (χ1v) is 10.8. The molecule has 0 aliphatic rings. The normalized spacial score (nSPS) is 11.7. The molecule has 1 atom stereocenters. The number of guanidine groups is 1. The molecule has 0 radical (unpaired) electrons. The number of ether oxygens (including phenoxy) is 1. The van der Waals surface area contributed by atoms with E-state index in [4.69, 9.17) is 27.0 Å². The third-order valence-electron chi connectivity index (χ3n) is 4.15. The molecule has 11 nitrogen and oxygen atoms in total. The molecule has 176 valence electrons. The van der Waals surface area contributed by atoms with E-state index >= 15 is 0 Å². The first-order chi connectivity index (χ1) is 14.5. The van der Waals surface area contributed by atoms with Crippen LogP contribution in [0.25, 0.3) is 0 Å². The lowest BCUT2D eigenvalue weighted by Gasteiger charge is -2.18. The SMILES string of the molecule is NCCCNCCCCNC(=O)C(NC(=O)CCCCCCN=C(N)N)OCCO. The zero-order valence-corrected chi connectivity index (χ0v) is 18.0. The number of hydrogen-bond acceptors (Lipinski definition) is 7. The fourth-order valence-electron chi connectivity index (χ4n) is 2.56. The lowest BCUT2D eigenvalue weighted by atomic mass is 10.1. The summed E-state index contributed by atoms with van der Waals surface area (Å²) >= 11 is 0. The molecular weight excluding hydrogens is 390 g/mol. The van der Waals surface area contributed by atoms with Crippen LogP contribution in [0.15, 0.2) is 4.99 Å². The van der Waals surface area contributed by atoms with E-state index in [0.717, 1.165) is 51.6 Å². The number of nitrogens with two attached hydrogens (primary N) is 3. The minimum Gasteiger partial charge on any atom is -0.394 e. The van der Waals surface area contributed by atoms with E-state index in [0.29, 0.717) is 32.5 Å². The van der Waals surface area contributed by atoms with Gasteiger partial charge in [0, 0.05) is 19.5 Å². The Morgan fingerprint density at radius 2 is 1.67 bits per heavy atom. The van der Waals surface area contributed by atoms with E-state index in [2.05, 4.69) is 20.9 Å². The number of aliphatic hydroxyl groups excluding tert-OH is 1. The molecule has 0 fully saturated rings. The Balaban J connectivity index is 4.01. The lowest BCUT2D eigenvalue weighted by molar-refractivity contribution is -0.141. The average molecular weight is 432 g/mol. The van der Waals surface area contributed by atoms with Gasteiger partial charge < -0.3 is 43.0 Å². The average Bonchev–Trinajstić information content (AvgIpc) is 2.71. The van der Waals surface area contributed by atoms with Crippen LogP contribution in [0.2, 0.25) is 0 Å². The van der Waals surface area contributed by atoms with Gasteiger partial charge in [-0.25, -0.2) is 0 Å². The first-order valence-electron chi connectivity index (χ1n) is 10.8. The minimum atomic E-state index is -1.10. The molecule has 0 saturated heterocycles. The van der Waals surface area contributed by atoms with Gasteiger partial charge in [-0.05, 0) is 51.7 Å². The largest absolute Gasteiger partial charge is 0.394 e. The van der Waals surface area contributed by atoms with Crippen molar-refractivity contribution in [3.63, 3.8) is 0 Å². The maximum Gasteiger partial charge on any atom is 0.270 e. The van der Waals surface area contributed by atoms with Crippen LogP contribution in [0.4, 0.5) is 0 Å². The highest BCUT2D eigenvalue weighted by Gasteiger charge is 2.20. The predicted octanol–water partition coefficient (Wildman–Crippen LogP) is -1.50. The molecule has 0 bridgehead atoms. The Bertz CT molecular complexity index is 474. The molecule has 30 heavy (non-hydrogen) atoms. The number of carbonyl (C=O) groups is 2. The number of nitrogens with one attached hydrogen (secondary N) is 3. The van der Waals surface area contributed by atoms with Crippen molar-refractivity contribution in [3.05, 3.63) is 0 Å². The summed E-state index contributed by atoms with van der Waals surface area (Å²) in [5, 5.41) is 17.5. The van der Waals surface area contributed by atoms with Crippen molar-refractivity contribution < 1.29 is 19.4 Å². The standard InChI is InChI=1S/C19H41N7O4/c20-9-7-11-23-10-5-6-12-24-17(29)18(30-15-14-27)26-16(28)8-3-1-2-4-13-25-19(21)22/h18,23,27H,1-15,20H2,(H,24,29)(H,26,28)(H4,21,22,25). The maximum absolute atomic E-state index is 12.3. The number of carbonyl (C=O) groups excluding carboxylic acids is 2. The summed E-state index contributed by atoms with van der Waals surface area (Å²) < 4.78 is 5.27. The molecule has 0 aliphatic heterocycles. The predicted molar refractivity (Wildman–Crippen MR) is 118 cm³/mol. The number of unbranched alkanes of at least 4 members (excludes halogenated alkanes) is 4. The first kappa shape index (κ1) is 28.1. The van der Waals surface area contributed by atoms with Crippen LogP contribution in [-0.4, -0.2) is 75.0 Å². The van der Waals surface area contributed by atoms with E-state index in [1.807, 2.05) is 0 Å². The highest BCUT2D eigenvalue weighted by molar-refractivity contribution is 5.86. The molecule has 0 heterocycles. The van der Waals surface area contributed by atoms with E-state index in [1.54, 1.807) is 0 Å². The summed E-state index contributed by atoms with van der Waals surface area (Å²) in [6, 6.07) is 0. The van der Waals surface area contributed by atoms with Crippen molar-refractivity contribution >= 4 is 17.8 Å². The summed E-state index contributed by atoms with van der Waals surface area (Å²) in [5.74, 6) is -0.590. The Kier molecular flexibility index (Phi) is 19.0.